The molecule has 1 saturated heterocycles. The van der Waals surface area contributed by atoms with Crippen LogP contribution in [0.3, 0.4) is 0 Å². The molecular formula is C26H30N2O. The van der Waals surface area contributed by atoms with Crippen molar-refractivity contribution in [3.8, 4) is 5.75 Å². The number of benzene rings is 2. The molecule has 5 rings (SSSR count). The first-order valence-electron chi connectivity index (χ1n) is 11.0. The van der Waals surface area contributed by atoms with Crippen LogP contribution in [0.1, 0.15) is 41.9 Å². The highest BCUT2D eigenvalue weighted by atomic mass is 16.3. The van der Waals surface area contributed by atoms with Crippen LogP contribution in [0.2, 0.25) is 0 Å². The summed E-state index contributed by atoms with van der Waals surface area (Å²) in [6, 6.07) is 15.3. The van der Waals surface area contributed by atoms with Gasteiger partial charge in [-0.3, -0.25) is 0 Å². The lowest BCUT2D eigenvalue weighted by molar-refractivity contribution is 0.457. The van der Waals surface area contributed by atoms with Gasteiger partial charge in [0.05, 0.1) is 0 Å². The van der Waals surface area contributed by atoms with Crippen LogP contribution < -0.4 is 10.2 Å². The Kier molecular flexibility index (Phi) is 5.15. The predicted octanol–water partition coefficient (Wildman–Crippen LogP) is 4.77. The molecule has 0 radical (unpaired) electrons. The molecule has 0 saturated carbocycles. The average Bonchev–Trinajstić information content (AvgIpc) is 2.79. The molecule has 2 aromatic rings. The van der Waals surface area contributed by atoms with E-state index in [4.69, 9.17) is 0 Å². The first-order valence-corrected chi connectivity index (χ1v) is 11.0. The van der Waals surface area contributed by atoms with Crippen LogP contribution in [0.15, 0.2) is 66.3 Å². The molecule has 150 valence electrons. The van der Waals surface area contributed by atoms with Gasteiger partial charge in [0.2, 0.25) is 0 Å². The number of nitrogens with one attached hydrogen (secondary N) is 1. The van der Waals surface area contributed by atoms with E-state index < -0.39 is 0 Å². The van der Waals surface area contributed by atoms with Crippen LogP contribution in [0.25, 0.3) is 0 Å². The van der Waals surface area contributed by atoms with Crippen molar-refractivity contribution in [2.75, 3.05) is 31.1 Å². The third-order valence-corrected chi connectivity index (χ3v) is 6.77. The molecule has 2 aliphatic carbocycles. The quantitative estimate of drug-likeness (QED) is 0.797. The van der Waals surface area contributed by atoms with Crippen LogP contribution in [0.4, 0.5) is 5.69 Å². The fraction of sp³-hybridized carbons (Fsp3) is 0.385. The van der Waals surface area contributed by atoms with Crippen molar-refractivity contribution in [1.82, 2.24) is 5.32 Å². The van der Waals surface area contributed by atoms with Gasteiger partial charge in [-0.2, -0.15) is 0 Å². The minimum Gasteiger partial charge on any atom is -0.508 e. The van der Waals surface area contributed by atoms with Crippen LogP contribution in [0.5, 0.6) is 5.75 Å². The number of aromatic hydroxyl groups is 1. The minimum absolute atomic E-state index is 0.352. The van der Waals surface area contributed by atoms with E-state index in [1.165, 1.54) is 28.0 Å². The van der Waals surface area contributed by atoms with Gasteiger partial charge in [0.15, 0.2) is 0 Å². The number of fused-ring (bicyclic) bond motifs is 1. The Bertz CT molecular complexity index is 922. The van der Waals surface area contributed by atoms with Crippen molar-refractivity contribution in [1.29, 1.82) is 0 Å². The highest BCUT2D eigenvalue weighted by Crippen LogP contribution is 2.46. The molecule has 1 fully saturated rings. The second-order valence-corrected chi connectivity index (χ2v) is 8.52. The van der Waals surface area contributed by atoms with Gasteiger partial charge in [-0.05, 0) is 78.1 Å². The summed E-state index contributed by atoms with van der Waals surface area (Å²) in [7, 11) is 0. The second kappa shape index (κ2) is 8.08. The summed E-state index contributed by atoms with van der Waals surface area (Å²) in [6.07, 6.45) is 11.6. The molecule has 2 N–H and O–H groups in total. The van der Waals surface area contributed by atoms with Gasteiger partial charge < -0.3 is 15.3 Å². The second-order valence-electron chi connectivity index (χ2n) is 8.52. The van der Waals surface area contributed by atoms with E-state index in [0.717, 1.165) is 51.9 Å². The van der Waals surface area contributed by atoms with Gasteiger partial charge in [-0.15, -0.1) is 0 Å². The van der Waals surface area contributed by atoms with Crippen molar-refractivity contribution < 1.29 is 5.11 Å². The van der Waals surface area contributed by atoms with Crippen LogP contribution in [0, 0.1) is 5.92 Å². The topological polar surface area (TPSA) is 35.5 Å². The molecule has 3 heteroatoms. The number of phenols is 1. The fourth-order valence-electron chi connectivity index (χ4n) is 5.30. The Hall–Kier alpha value is -2.52. The largest absolute Gasteiger partial charge is 0.508 e. The molecule has 1 heterocycles. The van der Waals surface area contributed by atoms with E-state index in [2.05, 4.69) is 58.8 Å². The standard InChI is InChI=1S/C26H30N2O/c29-23-11-13-25-21(18-23)8-12-24(19-4-2-1-3-5-19)26(25)20-6-9-22(10-7-20)28-16-14-27-15-17-28/h2,4-7,9-11,13,18,24,26-27,29H,1,3,8,12,14-17H2. The van der Waals surface area contributed by atoms with E-state index >= 15 is 0 Å². The highest BCUT2D eigenvalue weighted by molar-refractivity contribution is 5.52. The summed E-state index contributed by atoms with van der Waals surface area (Å²) in [4.78, 5) is 2.47. The SMILES string of the molecule is Oc1ccc2c(c1)CCC(C1=CCCC=C1)C2c1ccc(N2CCNCC2)cc1. The third-order valence-electron chi connectivity index (χ3n) is 6.77. The first-order chi connectivity index (χ1) is 14.3. The third kappa shape index (κ3) is 3.72. The number of aryl methyl sites for hydroxylation is 1. The molecule has 2 unspecified atom stereocenters. The lowest BCUT2D eigenvalue weighted by Crippen LogP contribution is -2.43. The van der Waals surface area contributed by atoms with Gasteiger partial charge in [-0.1, -0.05) is 36.4 Å². The molecule has 0 aromatic heterocycles. The van der Waals surface area contributed by atoms with Crippen molar-refractivity contribution >= 4 is 5.69 Å². The van der Waals surface area contributed by atoms with Crippen molar-refractivity contribution in [2.24, 2.45) is 5.92 Å². The van der Waals surface area contributed by atoms with E-state index in [0.29, 0.717) is 17.6 Å². The normalized spacial score (nSPS) is 24.1. The molecule has 1 aliphatic heterocycles. The number of hydrogen-bond acceptors (Lipinski definition) is 3. The number of hydrogen-bond donors (Lipinski definition) is 2. The van der Waals surface area contributed by atoms with Gasteiger partial charge in [0.25, 0.3) is 0 Å². The van der Waals surface area contributed by atoms with E-state index in [-0.39, 0.29) is 0 Å². The van der Waals surface area contributed by atoms with Crippen LogP contribution in [-0.2, 0) is 6.42 Å². The lowest BCUT2D eigenvalue weighted by Gasteiger charge is -2.36. The predicted molar refractivity (Wildman–Crippen MR) is 120 cm³/mol. The summed E-state index contributed by atoms with van der Waals surface area (Å²) in [5, 5.41) is 13.4. The molecule has 3 aliphatic rings. The molecule has 0 spiro atoms. The van der Waals surface area contributed by atoms with Gasteiger partial charge >= 0.3 is 0 Å². The number of anilines is 1. The maximum atomic E-state index is 10.0. The van der Waals surface area contributed by atoms with Crippen LogP contribution in [-0.4, -0.2) is 31.3 Å². The number of nitrogens with zero attached hydrogens (tertiary/aromatic N) is 1. The smallest absolute Gasteiger partial charge is 0.115 e. The zero-order valence-corrected chi connectivity index (χ0v) is 17.0. The zero-order chi connectivity index (χ0) is 19.6. The number of phenolic OH excluding ortho intramolecular Hbond substituents is 1. The van der Waals surface area contributed by atoms with E-state index in [1.54, 1.807) is 0 Å². The monoisotopic (exact) mass is 386 g/mol. The summed E-state index contributed by atoms with van der Waals surface area (Å²) in [6.45, 7) is 4.27. The van der Waals surface area contributed by atoms with Gasteiger partial charge in [0, 0.05) is 37.8 Å². The zero-order valence-electron chi connectivity index (χ0n) is 17.0. The summed E-state index contributed by atoms with van der Waals surface area (Å²) in [5.74, 6) is 1.24. The molecule has 2 aromatic carbocycles. The minimum atomic E-state index is 0.352. The van der Waals surface area contributed by atoms with Gasteiger partial charge in [-0.25, -0.2) is 0 Å². The molecule has 2 atom stereocenters. The maximum Gasteiger partial charge on any atom is 0.115 e. The van der Waals surface area contributed by atoms with Crippen LogP contribution >= 0.6 is 0 Å². The molecule has 29 heavy (non-hydrogen) atoms. The number of rotatable bonds is 3. The Balaban J connectivity index is 1.51. The highest BCUT2D eigenvalue weighted by Gasteiger charge is 2.33. The summed E-state index contributed by atoms with van der Waals surface area (Å²) < 4.78 is 0. The van der Waals surface area contributed by atoms with Crippen molar-refractivity contribution in [3.05, 3.63) is 83.0 Å². The molecule has 0 amide bonds. The van der Waals surface area contributed by atoms with Gasteiger partial charge in [0.1, 0.15) is 5.75 Å². The first kappa shape index (κ1) is 18.5. The number of piperazine rings is 1. The number of allylic oxidation sites excluding steroid dienone is 4. The Morgan fingerprint density at radius 2 is 1.79 bits per heavy atom. The summed E-state index contributed by atoms with van der Waals surface area (Å²) >= 11 is 0. The summed E-state index contributed by atoms with van der Waals surface area (Å²) in [5.41, 5.74) is 6.89. The Labute approximate surface area is 173 Å². The Morgan fingerprint density at radius 3 is 2.55 bits per heavy atom. The molecule has 0 bridgehead atoms. The van der Waals surface area contributed by atoms with E-state index in [9.17, 15) is 5.11 Å². The van der Waals surface area contributed by atoms with Crippen molar-refractivity contribution in [2.45, 2.75) is 31.6 Å². The van der Waals surface area contributed by atoms with E-state index in [1.807, 2.05) is 12.1 Å². The maximum absolute atomic E-state index is 10.0. The molecular weight excluding hydrogens is 356 g/mol. The lowest BCUT2D eigenvalue weighted by atomic mass is 9.68. The Morgan fingerprint density at radius 1 is 0.966 bits per heavy atom. The fourth-order valence-corrected chi connectivity index (χ4v) is 5.30. The molecule has 3 nitrogen and oxygen atoms in total. The average molecular weight is 387 g/mol. The van der Waals surface area contributed by atoms with Crippen molar-refractivity contribution in [3.63, 3.8) is 0 Å².